The minimum absolute atomic E-state index is 0.342. The number of rotatable bonds is 13. The third-order valence-corrected chi connectivity index (χ3v) is 5.15. The monoisotopic (exact) mass is 400 g/mol. The Morgan fingerprint density at radius 3 is 2.36 bits per heavy atom. The molecule has 2 atom stereocenters. The van der Waals surface area contributed by atoms with E-state index < -0.39 is 6.10 Å². The summed E-state index contributed by atoms with van der Waals surface area (Å²) >= 11 is 0. The molecule has 7 nitrogen and oxygen atoms in total. The van der Waals surface area contributed by atoms with Crippen LogP contribution in [0, 0.1) is 11.8 Å². The van der Waals surface area contributed by atoms with Crippen molar-refractivity contribution >= 4 is 5.96 Å². The molecule has 1 heterocycles. The number of nitrogens with zero attached hydrogens (tertiary/aromatic N) is 2. The maximum absolute atomic E-state index is 10.1. The Balaban J connectivity index is 2.61. The number of aliphatic hydroxyl groups excluding tert-OH is 1. The number of aliphatic hydroxyl groups is 1. The molecule has 0 bridgehead atoms. The molecule has 1 rings (SSSR count). The third kappa shape index (κ3) is 10.0. The average Bonchev–Trinajstić information content (AvgIpc) is 2.69. The standard InChI is InChI=1S/C21H44N4O3/c1-6-18(7-2)20(25-9-11-27-12-10-25)14-24-21(22-8-3)23-13-19(26)16-28-15-17(4)5/h17-20,26H,6-16H2,1-5H3,(H2,22,23,24). The number of morpholine rings is 1. The predicted molar refractivity (Wildman–Crippen MR) is 116 cm³/mol. The molecule has 28 heavy (non-hydrogen) atoms. The van der Waals surface area contributed by atoms with Crippen molar-refractivity contribution in [2.45, 2.75) is 59.6 Å². The summed E-state index contributed by atoms with van der Waals surface area (Å²) in [5.74, 6) is 1.86. The van der Waals surface area contributed by atoms with Crippen LogP contribution >= 0.6 is 0 Å². The molecule has 1 saturated heterocycles. The van der Waals surface area contributed by atoms with Crippen molar-refractivity contribution in [1.82, 2.24) is 15.5 Å². The number of hydrogen-bond donors (Lipinski definition) is 3. The van der Waals surface area contributed by atoms with Crippen LogP contribution in [0.15, 0.2) is 4.99 Å². The molecule has 0 saturated carbocycles. The second kappa shape index (κ2) is 15.0. The molecule has 1 aliphatic rings. The van der Waals surface area contributed by atoms with E-state index in [9.17, 15) is 5.11 Å². The van der Waals surface area contributed by atoms with Gasteiger partial charge in [-0.2, -0.15) is 0 Å². The number of ether oxygens (including phenoxy) is 2. The van der Waals surface area contributed by atoms with Gasteiger partial charge in [-0.15, -0.1) is 0 Å². The van der Waals surface area contributed by atoms with Gasteiger partial charge < -0.3 is 25.2 Å². The van der Waals surface area contributed by atoms with Crippen molar-refractivity contribution in [3.05, 3.63) is 0 Å². The van der Waals surface area contributed by atoms with Crippen LogP contribution in [0.25, 0.3) is 0 Å². The van der Waals surface area contributed by atoms with Crippen LogP contribution in [-0.2, 0) is 9.47 Å². The van der Waals surface area contributed by atoms with E-state index in [0.717, 1.165) is 58.2 Å². The van der Waals surface area contributed by atoms with Crippen LogP contribution in [0.3, 0.4) is 0 Å². The minimum Gasteiger partial charge on any atom is -0.389 e. The maximum Gasteiger partial charge on any atom is 0.191 e. The Hall–Kier alpha value is -0.890. The minimum atomic E-state index is -0.545. The van der Waals surface area contributed by atoms with Gasteiger partial charge in [0.05, 0.1) is 32.5 Å². The van der Waals surface area contributed by atoms with Gasteiger partial charge in [0.25, 0.3) is 0 Å². The topological polar surface area (TPSA) is 78.4 Å². The number of hydrogen-bond acceptors (Lipinski definition) is 5. The summed E-state index contributed by atoms with van der Waals surface area (Å²) in [4.78, 5) is 7.38. The van der Waals surface area contributed by atoms with Gasteiger partial charge in [-0.1, -0.05) is 40.5 Å². The second-order valence-corrected chi connectivity index (χ2v) is 7.98. The Kier molecular flexibility index (Phi) is 13.5. The first kappa shape index (κ1) is 25.1. The van der Waals surface area contributed by atoms with Gasteiger partial charge in [0.1, 0.15) is 0 Å². The van der Waals surface area contributed by atoms with Crippen LogP contribution in [0.4, 0.5) is 0 Å². The van der Waals surface area contributed by atoms with Gasteiger partial charge in [-0.05, 0) is 18.8 Å². The quantitative estimate of drug-likeness (QED) is 0.323. The molecule has 0 aromatic heterocycles. The van der Waals surface area contributed by atoms with Crippen LogP contribution in [0.2, 0.25) is 0 Å². The van der Waals surface area contributed by atoms with Crippen LogP contribution in [-0.4, -0.2) is 87.3 Å². The van der Waals surface area contributed by atoms with E-state index in [1.165, 1.54) is 0 Å². The molecule has 0 aromatic rings. The van der Waals surface area contributed by atoms with Gasteiger partial charge in [0, 0.05) is 38.8 Å². The largest absolute Gasteiger partial charge is 0.389 e. The molecule has 0 aliphatic carbocycles. The van der Waals surface area contributed by atoms with Gasteiger partial charge in [0.2, 0.25) is 0 Å². The van der Waals surface area contributed by atoms with Crippen molar-refractivity contribution in [2.24, 2.45) is 16.8 Å². The zero-order valence-electron chi connectivity index (χ0n) is 18.7. The van der Waals surface area contributed by atoms with Gasteiger partial charge in [-0.3, -0.25) is 9.89 Å². The molecule has 0 aromatic carbocycles. The van der Waals surface area contributed by atoms with Gasteiger partial charge in [0.15, 0.2) is 5.96 Å². The highest BCUT2D eigenvalue weighted by Crippen LogP contribution is 2.20. The molecule has 166 valence electrons. The third-order valence-electron chi connectivity index (χ3n) is 5.15. The highest BCUT2D eigenvalue weighted by atomic mass is 16.5. The summed E-state index contributed by atoms with van der Waals surface area (Å²) in [6, 6.07) is 0.425. The number of aliphatic imine (C=N–C) groups is 1. The van der Waals surface area contributed by atoms with E-state index >= 15 is 0 Å². The summed E-state index contributed by atoms with van der Waals surface area (Å²) in [7, 11) is 0. The second-order valence-electron chi connectivity index (χ2n) is 7.98. The van der Waals surface area contributed by atoms with E-state index in [1.54, 1.807) is 0 Å². The molecule has 2 unspecified atom stereocenters. The summed E-state index contributed by atoms with van der Waals surface area (Å²) < 4.78 is 11.0. The average molecular weight is 401 g/mol. The first-order valence-corrected chi connectivity index (χ1v) is 11.1. The lowest BCUT2D eigenvalue weighted by Crippen LogP contribution is -2.49. The zero-order valence-corrected chi connectivity index (χ0v) is 18.7. The highest BCUT2D eigenvalue weighted by molar-refractivity contribution is 5.79. The molecule has 0 amide bonds. The first-order chi connectivity index (χ1) is 13.5. The molecule has 3 N–H and O–H groups in total. The van der Waals surface area contributed by atoms with Crippen LogP contribution in [0.1, 0.15) is 47.5 Å². The van der Waals surface area contributed by atoms with E-state index in [4.69, 9.17) is 14.5 Å². The Morgan fingerprint density at radius 1 is 1.11 bits per heavy atom. The van der Waals surface area contributed by atoms with E-state index in [1.807, 2.05) is 0 Å². The molecule has 1 aliphatic heterocycles. The summed E-state index contributed by atoms with van der Waals surface area (Å²) in [6.07, 6.45) is 1.77. The number of guanidine groups is 1. The molecular formula is C21H44N4O3. The molecule has 0 spiro atoms. The Morgan fingerprint density at radius 2 is 1.79 bits per heavy atom. The van der Waals surface area contributed by atoms with Gasteiger partial charge >= 0.3 is 0 Å². The molecular weight excluding hydrogens is 356 g/mol. The summed E-state index contributed by atoms with van der Waals surface area (Å²) in [5.41, 5.74) is 0. The Labute approximate surface area is 172 Å². The van der Waals surface area contributed by atoms with Crippen molar-refractivity contribution in [3.8, 4) is 0 Å². The maximum atomic E-state index is 10.1. The van der Waals surface area contributed by atoms with E-state index in [2.05, 4.69) is 50.2 Å². The normalized spacial score (nSPS) is 18.5. The van der Waals surface area contributed by atoms with Crippen molar-refractivity contribution in [1.29, 1.82) is 0 Å². The fraction of sp³-hybridized carbons (Fsp3) is 0.952. The smallest absolute Gasteiger partial charge is 0.191 e. The van der Waals surface area contributed by atoms with Crippen molar-refractivity contribution < 1.29 is 14.6 Å². The molecule has 1 fully saturated rings. The lowest BCUT2D eigenvalue weighted by molar-refractivity contribution is 0.00393. The molecule has 7 heteroatoms. The predicted octanol–water partition coefficient (Wildman–Crippen LogP) is 1.71. The zero-order chi connectivity index (χ0) is 20.8. The fourth-order valence-corrected chi connectivity index (χ4v) is 3.54. The van der Waals surface area contributed by atoms with E-state index in [0.29, 0.717) is 37.6 Å². The molecule has 0 radical (unpaired) electrons. The van der Waals surface area contributed by atoms with Gasteiger partial charge in [-0.25, -0.2) is 0 Å². The van der Waals surface area contributed by atoms with Crippen LogP contribution < -0.4 is 10.6 Å². The van der Waals surface area contributed by atoms with Crippen molar-refractivity contribution in [3.63, 3.8) is 0 Å². The Bertz CT molecular complexity index is 410. The van der Waals surface area contributed by atoms with Crippen LogP contribution in [0.5, 0.6) is 0 Å². The first-order valence-electron chi connectivity index (χ1n) is 11.1. The summed E-state index contributed by atoms with van der Waals surface area (Å²) in [6.45, 7) is 17.3. The summed E-state index contributed by atoms with van der Waals surface area (Å²) in [5, 5.41) is 16.7. The number of nitrogens with one attached hydrogen (secondary N) is 2. The van der Waals surface area contributed by atoms with Crippen molar-refractivity contribution in [2.75, 3.05) is 59.2 Å². The fourth-order valence-electron chi connectivity index (χ4n) is 3.54. The lowest BCUT2D eigenvalue weighted by Gasteiger charge is -2.38. The lowest BCUT2D eigenvalue weighted by atomic mass is 9.92. The SMILES string of the molecule is CCNC(=NCC(C(CC)CC)N1CCOCC1)NCC(O)COCC(C)C. The highest BCUT2D eigenvalue weighted by Gasteiger charge is 2.26. The van der Waals surface area contributed by atoms with E-state index in [-0.39, 0.29) is 0 Å².